The van der Waals surface area contributed by atoms with Crippen LogP contribution >= 0.6 is 0 Å². The Morgan fingerprint density at radius 1 is 1.11 bits per heavy atom. The van der Waals surface area contributed by atoms with E-state index in [4.69, 9.17) is 9.47 Å². The van der Waals surface area contributed by atoms with E-state index in [-0.39, 0.29) is 17.6 Å². The third-order valence-corrected chi connectivity index (χ3v) is 5.94. The van der Waals surface area contributed by atoms with Crippen LogP contribution in [0.2, 0.25) is 19.6 Å². The number of aromatic nitrogens is 2. The molecule has 1 aliphatic heterocycles. The van der Waals surface area contributed by atoms with Crippen LogP contribution in [0.15, 0.2) is 0 Å². The molecule has 2 atom stereocenters. The van der Waals surface area contributed by atoms with Crippen LogP contribution in [0, 0.1) is 22.8 Å². The highest BCUT2D eigenvalue weighted by atomic mass is 28.3. The first-order valence-corrected chi connectivity index (χ1v) is 15.3. The van der Waals surface area contributed by atoms with Crippen LogP contribution in [0.25, 0.3) is 0 Å². The normalized spacial score (nSPS) is 18.4. The minimum absolute atomic E-state index is 0.110. The van der Waals surface area contributed by atoms with Crippen molar-refractivity contribution in [1.82, 2.24) is 14.7 Å². The summed E-state index contributed by atoms with van der Waals surface area (Å²) in [5.41, 5.74) is 2.47. The largest absolute Gasteiger partial charge is 0.444 e. The monoisotopic (exact) mass is 501 g/mol. The zero-order valence-corrected chi connectivity index (χ0v) is 23.9. The van der Waals surface area contributed by atoms with E-state index in [1.165, 1.54) is 4.90 Å². The number of nitriles is 1. The first kappa shape index (κ1) is 28.3. The Labute approximate surface area is 210 Å². The predicted octanol–water partition coefficient (Wildman–Crippen LogP) is 4.93. The number of anilines is 1. The highest BCUT2D eigenvalue weighted by Crippen LogP contribution is 2.34. The third-order valence-electron chi connectivity index (χ3n) is 5.06. The minimum atomic E-state index is -1.75. The van der Waals surface area contributed by atoms with Gasteiger partial charge in [-0.1, -0.05) is 25.6 Å². The second-order valence-electron chi connectivity index (χ2n) is 12.0. The quantitative estimate of drug-likeness (QED) is 0.421. The lowest BCUT2D eigenvalue weighted by atomic mass is 10.2. The molecule has 0 spiro atoms. The Hall–Kier alpha value is -2.98. The van der Waals surface area contributed by atoms with Crippen LogP contribution in [-0.2, 0) is 9.47 Å². The predicted molar refractivity (Wildman–Crippen MR) is 138 cm³/mol. The molecule has 0 bridgehead atoms. The number of hydrogen-bond donors (Lipinski definition) is 0. The van der Waals surface area contributed by atoms with Crippen molar-refractivity contribution >= 4 is 26.1 Å². The van der Waals surface area contributed by atoms with Crippen LogP contribution in [0.4, 0.5) is 15.4 Å². The van der Waals surface area contributed by atoms with Gasteiger partial charge in [0.05, 0.1) is 6.04 Å². The van der Waals surface area contributed by atoms with Crippen LogP contribution in [0.1, 0.15) is 72.2 Å². The highest BCUT2D eigenvalue weighted by Gasteiger charge is 2.39. The first-order chi connectivity index (χ1) is 15.8. The maximum atomic E-state index is 13.0. The smallest absolute Gasteiger partial charge is 0.415 e. The molecule has 0 aliphatic carbocycles. The lowest BCUT2D eigenvalue weighted by molar-refractivity contribution is 0.0233. The van der Waals surface area contributed by atoms with E-state index in [9.17, 15) is 14.9 Å². The van der Waals surface area contributed by atoms with E-state index in [0.717, 1.165) is 0 Å². The summed E-state index contributed by atoms with van der Waals surface area (Å²) in [5, 5.41) is 14.7. The molecule has 0 N–H and O–H groups in total. The molecule has 0 aromatic carbocycles. The van der Waals surface area contributed by atoms with E-state index in [2.05, 4.69) is 42.3 Å². The van der Waals surface area contributed by atoms with E-state index in [0.29, 0.717) is 24.5 Å². The average Bonchev–Trinajstić information content (AvgIpc) is 3.22. The van der Waals surface area contributed by atoms with Crippen molar-refractivity contribution < 1.29 is 19.1 Å². The van der Waals surface area contributed by atoms with Crippen LogP contribution in [0.5, 0.6) is 0 Å². The zero-order chi connectivity index (χ0) is 26.9. The van der Waals surface area contributed by atoms with Crippen LogP contribution in [0.3, 0.4) is 0 Å². The Balaban J connectivity index is 2.56. The van der Waals surface area contributed by atoms with Crippen LogP contribution in [-0.4, -0.2) is 65.8 Å². The maximum absolute atomic E-state index is 13.0. The van der Waals surface area contributed by atoms with Crippen molar-refractivity contribution in [3.8, 4) is 17.5 Å². The summed E-state index contributed by atoms with van der Waals surface area (Å²) in [6, 6.07) is 1.81. The number of carbonyl (C=O) groups excluding carboxylic acids is 2. The van der Waals surface area contributed by atoms with Gasteiger partial charge in [0.15, 0.2) is 11.5 Å². The lowest BCUT2D eigenvalue weighted by Gasteiger charge is -2.27. The molecular formula is C25H39N5O4Si. The van der Waals surface area contributed by atoms with Gasteiger partial charge in [0.25, 0.3) is 0 Å². The summed E-state index contributed by atoms with van der Waals surface area (Å²) in [5.74, 6) is 3.39. The SMILES string of the molecule is C[C@@H]1C[C@H](n2nc(C#C[Si](C)(C)C)c(C#N)c2N(C)C(=O)OC(C)(C)C)CN1C(=O)OC(C)(C)C. The molecule has 0 radical (unpaired) electrons. The number of rotatable bonds is 2. The molecule has 10 heteroatoms. The van der Waals surface area contributed by atoms with Crippen molar-refractivity contribution in [3.05, 3.63) is 11.3 Å². The Bertz CT molecular complexity index is 1070. The molecular weight excluding hydrogens is 462 g/mol. The number of amides is 2. The van der Waals surface area contributed by atoms with Crippen molar-refractivity contribution in [2.24, 2.45) is 0 Å². The van der Waals surface area contributed by atoms with Gasteiger partial charge >= 0.3 is 12.2 Å². The molecule has 0 saturated carbocycles. The van der Waals surface area contributed by atoms with Crippen molar-refractivity contribution in [2.45, 2.75) is 97.8 Å². The molecule has 0 unspecified atom stereocenters. The highest BCUT2D eigenvalue weighted by molar-refractivity contribution is 6.83. The van der Waals surface area contributed by atoms with Gasteiger partial charge in [-0.15, -0.1) is 5.54 Å². The van der Waals surface area contributed by atoms with E-state index < -0.39 is 31.5 Å². The molecule has 1 aromatic heterocycles. The minimum Gasteiger partial charge on any atom is -0.444 e. The number of nitrogens with zero attached hydrogens (tertiary/aromatic N) is 5. The number of hydrogen-bond acceptors (Lipinski definition) is 6. The number of carbonyl (C=O) groups is 2. The molecule has 1 fully saturated rings. The number of ether oxygens (including phenoxy) is 2. The summed E-state index contributed by atoms with van der Waals surface area (Å²) in [6.45, 7) is 19.4. The van der Waals surface area contributed by atoms with Crippen molar-refractivity contribution in [2.75, 3.05) is 18.5 Å². The van der Waals surface area contributed by atoms with Gasteiger partial charge in [0, 0.05) is 19.6 Å². The Morgan fingerprint density at radius 3 is 2.17 bits per heavy atom. The van der Waals surface area contributed by atoms with Gasteiger partial charge in [-0.05, 0) is 54.9 Å². The lowest BCUT2D eigenvalue weighted by Crippen LogP contribution is -2.39. The topological polar surface area (TPSA) is 101 Å². The summed E-state index contributed by atoms with van der Waals surface area (Å²) in [4.78, 5) is 28.7. The second kappa shape index (κ2) is 9.94. The van der Waals surface area contributed by atoms with Crippen LogP contribution < -0.4 is 4.90 Å². The molecule has 2 rings (SSSR count). The molecule has 9 nitrogen and oxygen atoms in total. The van der Waals surface area contributed by atoms with Gasteiger partial charge in [0.1, 0.15) is 30.9 Å². The maximum Gasteiger partial charge on any atom is 0.415 e. The second-order valence-corrected chi connectivity index (χ2v) is 16.8. The fraction of sp³-hybridized carbons (Fsp3) is 0.680. The van der Waals surface area contributed by atoms with Crippen molar-refractivity contribution in [1.29, 1.82) is 5.26 Å². The molecule has 1 aliphatic rings. The van der Waals surface area contributed by atoms with Gasteiger partial charge in [-0.2, -0.15) is 10.4 Å². The average molecular weight is 502 g/mol. The van der Waals surface area contributed by atoms with E-state index in [1.54, 1.807) is 37.4 Å². The molecule has 2 heterocycles. The molecule has 1 saturated heterocycles. The number of likely N-dealkylation sites (tertiary alicyclic amines) is 1. The summed E-state index contributed by atoms with van der Waals surface area (Å²) in [7, 11) is -0.193. The Kier molecular flexibility index (Phi) is 8.03. The fourth-order valence-electron chi connectivity index (χ4n) is 3.61. The fourth-order valence-corrected chi connectivity index (χ4v) is 4.10. The first-order valence-electron chi connectivity index (χ1n) is 11.8. The standard InChI is InChI=1S/C25H39N5O4Si/c1-17-14-18(16-29(17)23(32)34-25(5,6)7)30-21(28(8)22(31)33-24(2,3)4)19(15-26)20(27-30)12-13-35(9,10)11/h17-18H,14,16H2,1-11H3/t17-,18+/m1/s1. The molecule has 2 amide bonds. The molecule has 35 heavy (non-hydrogen) atoms. The molecule has 192 valence electrons. The van der Waals surface area contributed by atoms with Gasteiger partial charge < -0.3 is 14.4 Å². The third kappa shape index (κ3) is 7.50. The Morgan fingerprint density at radius 2 is 1.69 bits per heavy atom. The van der Waals surface area contributed by atoms with Gasteiger partial charge in [-0.3, -0.25) is 4.90 Å². The summed E-state index contributed by atoms with van der Waals surface area (Å²) < 4.78 is 12.8. The van der Waals surface area contributed by atoms with Gasteiger partial charge in [-0.25, -0.2) is 14.3 Å². The molecule has 1 aromatic rings. The van der Waals surface area contributed by atoms with Gasteiger partial charge in [0.2, 0.25) is 0 Å². The van der Waals surface area contributed by atoms with Crippen molar-refractivity contribution in [3.63, 3.8) is 0 Å². The zero-order valence-electron chi connectivity index (χ0n) is 22.9. The summed E-state index contributed by atoms with van der Waals surface area (Å²) >= 11 is 0. The summed E-state index contributed by atoms with van der Waals surface area (Å²) in [6.07, 6.45) is -0.419. The van der Waals surface area contributed by atoms with E-state index >= 15 is 0 Å². The van der Waals surface area contributed by atoms with E-state index in [1.807, 2.05) is 27.7 Å².